The van der Waals surface area contributed by atoms with Gasteiger partial charge in [-0.1, -0.05) is 55.3 Å². The van der Waals surface area contributed by atoms with Crippen LogP contribution in [-0.2, 0) is 16.8 Å². The molecule has 0 radical (unpaired) electrons. The van der Waals surface area contributed by atoms with E-state index in [4.69, 9.17) is 0 Å². The van der Waals surface area contributed by atoms with Gasteiger partial charge in [0.05, 0.1) is 5.41 Å². The third kappa shape index (κ3) is 4.69. The molecule has 154 valence electrons. The predicted molar refractivity (Wildman–Crippen MR) is 114 cm³/mol. The van der Waals surface area contributed by atoms with Gasteiger partial charge in [0.2, 0.25) is 5.91 Å². The van der Waals surface area contributed by atoms with Gasteiger partial charge < -0.3 is 5.32 Å². The van der Waals surface area contributed by atoms with E-state index >= 15 is 0 Å². The third-order valence-corrected chi connectivity index (χ3v) is 6.67. The minimum atomic E-state index is -0.555. The molecule has 2 aromatic carbocycles. The second-order valence-electron chi connectivity index (χ2n) is 8.74. The first-order chi connectivity index (χ1) is 14.2. The number of carbonyl (C=O) groups is 1. The van der Waals surface area contributed by atoms with Crippen molar-refractivity contribution in [3.63, 3.8) is 0 Å². The summed E-state index contributed by atoms with van der Waals surface area (Å²) in [6.45, 7) is 3.81. The Morgan fingerprint density at radius 2 is 1.86 bits per heavy atom. The van der Waals surface area contributed by atoms with Crippen LogP contribution >= 0.6 is 0 Å². The summed E-state index contributed by atoms with van der Waals surface area (Å²) in [6, 6.07) is 17.2. The average Bonchev–Trinajstić information content (AvgIpc) is 3.24. The molecule has 1 amide bonds. The largest absolute Gasteiger partial charge is 0.355 e. The van der Waals surface area contributed by atoms with Gasteiger partial charge in [0.15, 0.2) is 0 Å². The molecule has 0 bridgehead atoms. The van der Waals surface area contributed by atoms with Crippen LogP contribution in [0.4, 0.5) is 4.39 Å². The second kappa shape index (κ2) is 9.08. The van der Waals surface area contributed by atoms with E-state index in [9.17, 15) is 9.18 Å². The smallest absolute Gasteiger partial charge is 0.230 e. The first-order valence-electron chi connectivity index (χ1n) is 11.0. The molecule has 1 N–H and O–H groups in total. The van der Waals surface area contributed by atoms with Gasteiger partial charge in [0, 0.05) is 19.6 Å². The molecule has 1 unspecified atom stereocenters. The van der Waals surface area contributed by atoms with Crippen molar-refractivity contribution in [1.82, 2.24) is 10.2 Å². The van der Waals surface area contributed by atoms with Crippen molar-refractivity contribution in [3.8, 4) is 0 Å². The van der Waals surface area contributed by atoms with Gasteiger partial charge in [0.1, 0.15) is 5.82 Å². The van der Waals surface area contributed by atoms with Crippen LogP contribution in [0.5, 0.6) is 0 Å². The van der Waals surface area contributed by atoms with E-state index < -0.39 is 5.41 Å². The van der Waals surface area contributed by atoms with Gasteiger partial charge in [-0.05, 0) is 61.4 Å². The zero-order valence-corrected chi connectivity index (χ0v) is 17.1. The number of hydrogen-bond acceptors (Lipinski definition) is 2. The number of halogens is 1. The molecule has 1 atom stereocenters. The van der Waals surface area contributed by atoms with Gasteiger partial charge in [-0.25, -0.2) is 4.39 Å². The van der Waals surface area contributed by atoms with E-state index in [1.807, 2.05) is 6.07 Å². The summed E-state index contributed by atoms with van der Waals surface area (Å²) in [5.41, 5.74) is 1.62. The summed E-state index contributed by atoms with van der Waals surface area (Å²) >= 11 is 0. The molecule has 2 aliphatic rings. The number of rotatable bonds is 6. The number of nitrogens with one attached hydrogen (secondary N) is 1. The van der Waals surface area contributed by atoms with Crippen molar-refractivity contribution < 1.29 is 9.18 Å². The first-order valence-corrected chi connectivity index (χ1v) is 11.0. The van der Waals surface area contributed by atoms with E-state index in [2.05, 4.69) is 40.5 Å². The Kier molecular flexibility index (Phi) is 6.29. The Balaban J connectivity index is 1.36. The molecular weight excluding hydrogens is 363 g/mol. The topological polar surface area (TPSA) is 32.3 Å². The van der Waals surface area contributed by atoms with Crippen LogP contribution < -0.4 is 5.32 Å². The average molecular weight is 395 g/mol. The highest BCUT2D eigenvalue weighted by atomic mass is 19.1. The molecular formula is C25H31FN2O. The van der Waals surface area contributed by atoms with Crippen molar-refractivity contribution in [2.45, 2.75) is 50.5 Å². The monoisotopic (exact) mass is 394 g/mol. The van der Waals surface area contributed by atoms with E-state index in [0.717, 1.165) is 57.3 Å². The Morgan fingerprint density at radius 3 is 2.62 bits per heavy atom. The normalized spacial score (nSPS) is 21.8. The highest BCUT2D eigenvalue weighted by Crippen LogP contribution is 2.41. The van der Waals surface area contributed by atoms with Crippen LogP contribution in [-0.4, -0.2) is 30.4 Å². The predicted octanol–water partition coefficient (Wildman–Crippen LogP) is 4.67. The van der Waals surface area contributed by atoms with Crippen LogP contribution in [0.1, 0.15) is 49.7 Å². The van der Waals surface area contributed by atoms with Gasteiger partial charge >= 0.3 is 0 Å². The summed E-state index contributed by atoms with van der Waals surface area (Å²) in [5.74, 6) is 0.300. The minimum Gasteiger partial charge on any atom is -0.355 e. The number of piperidine rings is 1. The maximum atomic E-state index is 13.8. The number of likely N-dealkylation sites (tertiary alicyclic amines) is 1. The van der Waals surface area contributed by atoms with Crippen LogP contribution in [0.2, 0.25) is 0 Å². The molecule has 1 heterocycles. The van der Waals surface area contributed by atoms with Gasteiger partial charge in [0.25, 0.3) is 0 Å². The van der Waals surface area contributed by atoms with Gasteiger partial charge in [-0.15, -0.1) is 0 Å². The summed E-state index contributed by atoms with van der Waals surface area (Å²) in [6.07, 6.45) is 6.00. The van der Waals surface area contributed by atoms with Crippen LogP contribution in [0.15, 0.2) is 54.6 Å². The fraction of sp³-hybridized carbons (Fsp3) is 0.480. The Bertz CT molecular complexity index is 817. The Morgan fingerprint density at radius 1 is 1.07 bits per heavy atom. The lowest BCUT2D eigenvalue weighted by atomic mass is 9.77. The van der Waals surface area contributed by atoms with Crippen molar-refractivity contribution in [2.75, 3.05) is 19.6 Å². The van der Waals surface area contributed by atoms with Crippen molar-refractivity contribution in [3.05, 3.63) is 71.5 Å². The minimum absolute atomic E-state index is 0.0841. The molecule has 3 nitrogen and oxygen atoms in total. The zero-order chi connectivity index (χ0) is 20.1. The molecule has 2 aromatic rings. The van der Waals surface area contributed by atoms with Crippen LogP contribution in [0, 0.1) is 11.7 Å². The van der Waals surface area contributed by atoms with Crippen LogP contribution in [0.25, 0.3) is 0 Å². The number of nitrogens with zero attached hydrogens (tertiary/aromatic N) is 1. The molecule has 0 aromatic heterocycles. The molecule has 4 rings (SSSR count). The maximum Gasteiger partial charge on any atom is 0.230 e. The molecule has 1 saturated heterocycles. The van der Waals surface area contributed by atoms with Gasteiger partial charge in [-0.3, -0.25) is 9.69 Å². The van der Waals surface area contributed by atoms with E-state index in [0.29, 0.717) is 12.5 Å². The summed E-state index contributed by atoms with van der Waals surface area (Å²) in [7, 11) is 0. The summed E-state index contributed by atoms with van der Waals surface area (Å²) in [5, 5.41) is 3.25. The lowest BCUT2D eigenvalue weighted by Crippen LogP contribution is -2.46. The molecule has 1 saturated carbocycles. The Labute approximate surface area is 173 Å². The van der Waals surface area contributed by atoms with Crippen LogP contribution in [0.3, 0.4) is 0 Å². The molecule has 0 spiro atoms. The number of hydrogen-bond donors (Lipinski definition) is 1. The molecule has 1 aliphatic carbocycles. The van der Waals surface area contributed by atoms with E-state index in [-0.39, 0.29) is 11.7 Å². The van der Waals surface area contributed by atoms with Crippen molar-refractivity contribution >= 4 is 5.91 Å². The zero-order valence-electron chi connectivity index (χ0n) is 17.1. The number of benzene rings is 2. The van der Waals surface area contributed by atoms with Gasteiger partial charge in [-0.2, -0.15) is 0 Å². The second-order valence-corrected chi connectivity index (χ2v) is 8.74. The highest BCUT2D eigenvalue weighted by Gasteiger charge is 2.42. The number of amides is 1. The Hall–Kier alpha value is -2.20. The summed E-state index contributed by atoms with van der Waals surface area (Å²) < 4.78 is 13.8. The molecule has 2 fully saturated rings. The van der Waals surface area contributed by atoms with Crippen molar-refractivity contribution in [2.24, 2.45) is 5.92 Å². The molecule has 29 heavy (non-hydrogen) atoms. The standard InChI is InChI=1S/C25H31FN2O/c26-23-12-6-11-22(16-23)25(13-4-5-14-25)24(29)27-17-21-10-7-15-28(19-21)18-20-8-2-1-3-9-20/h1-3,6,8-9,11-12,16,21H,4-5,7,10,13-15,17-19H2,(H,27,29). The van der Waals surface area contributed by atoms with E-state index in [1.54, 1.807) is 12.1 Å². The summed E-state index contributed by atoms with van der Waals surface area (Å²) in [4.78, 5) is 15.7. The quantitative estimate of drug-likeness (QED) is 0.772. The van der Waals surface area contributed by atoms with Crippen molar-refractivity contribution in [1.29, 1.82) is 0 Å². The highest BCUT2D eigenvalue weighted by molar-refractivity contribution is 5.88. The molecule has 4 heteroatoms. The maximum absolute atomic E-state index is 13.8. The lowest BCUT2D eigenvalue weighted by Gasteiger charge is -2.34. The lowest BCUT2D eigenvalue weighted by molar-refractivity contribution is -0.127. The molecule has 1 aliphatic heterocycles. The number of carbonyl (C=O) groups excluding carboxylic acids is 1. The SMILES string of the molecule is O=C(NCC1CCCN(Cc2ccccc2)C1)C1(c2cccc(F)c2)CCCC1. The van der Waals surface area contributed by atoms with E-state index in [1.165, 1.54) is 18.1 Å². The first kappa shape index (κ1) is 20.1. The fourth-order valence-electron chi connectivity index (χ4n) is 5.12. The fourth-order valence-corrected chi connectivity index (χ4v) is 5.12. The third-order valence-electron chi connectivity index (χ3n) is 6.67.